The summed E-state index contributed by atoms with van der Waals surface area (Å²) in [5, 5.41) is 13.7. The SMILES string of the molecule is N#Cc1c(Cl)nsc1N[C@H]1CCCN(Cc2ccccc2)C1. The lowest BCUT2D eigenvalue weighted by atomic mass is 10.0. The van der Waals surface area contributed by atoms with Crippen molar-refractivity contribution < 1.29 is 0 Å². The van der Waals surface area contributed by atoms with E-state index in [1.807, 2.05) is 6.07 Å². The minimum absolute atomic E-state index is 0.298. The van der Waals surface area contributed by atoms with Crippen molar-refractivity contribution in [3.63, 3.8) is 0 Å². The van der Waals surface area contributed by atoms with Gasteiger partial charge in [-0.1, -0.05) is 41.9 Å². The van der Waals surface area contributed by atoms with Crippen molar-refractivity contribution in [2.24, 2.45) is 0 Å². The lowest BCUT2D eigenvalue weighted by molar-refractivity contribution is 0.208. The van der Waals surface area contributed by atoms with E-state index in [1.165, 1.54) is 17.1 Å². The molecule has 1 N–H and O–H groups in total. The van der Waals surface area contributed by atoms with Gasteiger partial charge in [0.05, 0.1) is 0 Å². The molecule has 6 heteroatoms. The average Bonchev–Trinajstić information content (AvgIpc) is 2.88. The molecule has 2 aromatic rings. The number of likely N-dealkylation sites (tertiary alicyclic amines) is 1. The van der Waals surface area contributed by atoms with Crippen LogP contribution < -0.4 is 5.32 Å². The number of benzene rings is 1. The van der Waals surface area contributed by atoms with Gasteiger partial charge in [0.15, 0.2) is 5.15 Å². The second kappa shape index (κ2) is 7.10. The molecule has 0 saturated carbocycles. The van der Waals surface area contributed by atoms with E-state index in [4.69, 9.17) is 16.9 Å². The predicted octanol–water partition coefficient (Wildman–Crippen LogP) is 3.74. The van der Waals surface area contributed by atoms with E-state index in [9.17, 15) is 0 Å². The molecule has 22 heavy (non-hydrogen) atoms. The van der Waals surface area contributed by atoms with Crippen LogP contribution in [-0.4, -0.2) is 28.4 Å². The molecular formula is C16H17ClN4S. The second-order valence-electron chi connectivity index (χ2n) is 5.49. The van der Waals surface area contributed by atoms with Crippen LogP contribution in [-0.2, 0) is 6.54 Å². The van der Waals surface area contributed by atoms with Crippen LogP contribution in [0.25, 0.3) is 0 Å². The first kappa shape index (κ1) is 15.3. The highest BCUT2D eigenvalue weighted by molar-refractivity contribution is 7.10. The molecule has 0 amide bonds. The normalized spacial score (nSPS) is 18.8. The molecule has 0 spiro atoms. The van der Waals surface area contributed by atoms with Crippen molar-refractivity contribution in [2.45, 2.75) is 25.4 Å². The van der Waals surface area contributed by atoms with Crippen LogP contribution in [0.4, 0.5) is 5.00 Å². The molecule has 0 bridgehead atoms. The lowest BCUT2D eigenvalue weighted by Gasteiger charge is -2.33. The first-order valence-electron chi connectivity index (χ1n) is 7.34. The predicted molar refractivity (Wildman–Crippen MR) is 90.2 cm³/mol. The molecule has 2 heterocycles. The fourth-order valence-electron chi connectivity index (χ4n) is 2.81. The average molecular weight is 333 g/mol. The maximum Gasteiger partial charge on any atom is 0.162 e. The maximum atomic E-state index is 9.15. The van der Waals surface area contributed by atoms with Gasteiger partial charge in [0.1, 0.15) is 16.6 Å². The number of nitrogens with zero attached hydrogens (tertiary/aromatic N) is 3. The summed E-state index contributed by atoms with van der Waals surface area (Å²) in [7, 11) is 0. The van der Waals surface area contributed by atoms with Crippen LogP contribution in [0.1, 0.15) is 24.0 Å². The summed E-state index contributed by atoms with van der Waals surface area (Å²) in [5.41, 5.74) is 1.80. The van der Waals surface area contributed by atoms with Gasteiger partial charge in [-0.15, -0.1) is 0 Å². The van der Waals surface area contributed by atoms with Crippen LogP contribution in [0.2, 0.25) is 5.15 Å². The Hall–Kier alpha value is -1.61. The summed E-state index contributed by atoms with van der Waals surface area (Å²) in [5.74, 6) is 0. The molecule has 114 valence electrons. The third kappa shape index (κ3) is 3.58. The van der Waals surface area contributed by atoms with E-state index in [0.717, 1.165) is 37.5 Å². The number of aromatic nitrogens is 1. The van der Waals surface area contributed by atoms with Crippen molar-refractivity contribution in [3.05, 3.63) is 46.6 Å². The fourth-order valence-corrected chi connectivity index (χ4v) is 3.82. The van der Waals surface area contributed by atoms with Crippen molar-refractivity contribution in [1.29, 1.82) is 5.26 Å². The van der Waals surface area contributed by atoms with Crippen LogP contribution in [0.3, 0.4) is 0 Å². The molecule has 0 aliphatic carbocycles. The molecule has 4 nitrogen and oxygen atoms in total. The lowest BCUT2D eigenvalue weighted by Crippen LogP contribution is -2.41. The minimum Gasteiger partial charge on any atom is -0.371 e. The van der Waals surface area contributed by atoms with Crippen molar-refractivity contribution in [3.8, 4) is 6.07 Å². The summed E-state index contributed by atoms with van der Waals surface area (Å²) in [4.78, 5) is 2.45. The summed E-state index contributed by atoms with van der Waals surface area (Å²) < 4.78 is 4.05. The summed E-state index contributed by atoms with van der Waals surface area (Å²) in [6.45, 7) is 3.05. The summed E-state index contributed by atoms with van der Waals surface area (Å²) in [6.07, 6.45) is 2.25. The van der Waals surface area contributed by atoms with Gasteiger partial charge in [-0.25, -0.2) is 0 Å². The third-order valence-corrected chi connectivity index (χ3v) is 5.00. The number of nitrogens with one attached hydrogen (secondary N) is 1. The van der Waals surface area contributed by atoms with Gasteiger partial charge in [-0.05, 0) is 36.5 Å². The molecule has 1 aromatic carbocycles. The Balaban J connectivity index is 1.62. The Morgan fingerprint density at radius 3 is 3.00 bits per heavy atom. The molecule has 3 rings (SSSR count). The number of hydrogen-bond acceptors (Lipinski definition) is 5. The second-order valence-corrected chi connectivity index (χ2v) is 6.62. The quantitative estimate of drug-likeness (QED) is 0.926. The molecular weight excluding hydrogens is 316 g/mol. The number of nitriles is 1. The van der Waals surface area contributed by atoms with Crippen LogP contribution >= 0.6 is 23.1 Å². The zero-order valence-electron chi connectivity index (χ0n) is 12.1. The largest absolute Gasteiger partial charge is 0.371 e. The minimum atomic E-state index is 0.298. The van der Waals surface area contributed by atoms with E-state index in [-0.39, 0.29) is 0 Å². The Kier molecular flexibility index (Phi) is 4.94. The van der Waals surface area contributed by atoms with Crippen molar-refractivity contribution in [1.82, 2.24) is 9.27 Å². The number of anilines is 1. The van der Waals surface area contributed by atoms with Crippen LogP contribution in [0, 0.1) is 11.3 Å². The molecule has 1 saturated heterocycles. The van der Waals surface area contributed by atoms with Gasteiger partial charge in [0.25, 0.3) is 0 Å². The Bertz CT molecular complexity index is 665. The third-order valence-electron chi connectivity index (χ3n) is 3.85. The first-order valence-corrected chi connectivity index (χ1v) is 8.49. The zero-order valence-corrected chi connectivity index (χ0v) is 13.7. The Morgan fingerprint density at radius 1 is 1.41 bits per heavy atom. The van der Waals surface area contributed by atoms with Crippen molar-refractivity contribution >= 4 is 28.1 Å². The fraction of sp³-hybridized carbons (Fsp3) is 0.375. The van der Waals surface area contributed by atoms with E-state index in [2.05, 4.69) is 44.9 Å². The highest BCUT2D eigenvalue weighted by Crippen LogP contribution is 2.29. The van der Waals surface area contributed by atoms with Gasteiger partial charge < -0.3 is 5.32 Å². The van der Waals surface area contributed by atoms with Crippen LogP contribution in [0.15, 0.2) is 30.3 Å². The van der Waals surface area contributed by atoms with E-state index in [1.54, 1.807) is 0 Å². The van der Waals surface area contributed by atoms with Gasteiger partial charge >= 0.3 is 0 Å². The number of piperidine rings is 1. The molecule has 1 aliphatic rings. The van der Waals surface area contributed by atoms with Gasteiger partial charge in [-0.2, -0.15) is 9.64 Å². The van der Waals surface area contributed by atoms with Crippen LogP contribution in [0.5, 0.6) is 0 Å². The zero-order chi connectivity index (χ0) is 15.4. The monoisotopic (exact) mass is 332 g/mol. The summed E-state index contributed by atoms with van der Waals surface area (Å²) >= 11 is 7.19. The number of rotatable bonds is 4. The molecule has 1 atom stereocenters. The Labute approximate surface area is 139 Å². The first-order chi connectivity index (χ1) is 10.8. The molecule has 1 aliphatic heterocycles. The maximum absolute atomic E-state index is 9.15. The van der Waals surface area contributed by atoms with Gasteiger partial charge in [0.2, 0.25) is 0 Å². The van der Waals surface area contributed by atoms with Gasteiger partial charge in [0, 0.05) is 19.1 Å². The number of halogens is 1. The Morgan fingerprint density at radius 2 is 2.23 bits per heavy atom. The van der Waals surface area contributed by atoms with Crippen molar-refractivity contribution in [2.75, 3.05) is 18.4 Å². The van der Waals surface area contributed by atoms with E-state index >= 15 is 0 Å². The van der Waals surface area contributed by atoms with E-state index < -0.39 is 0 Å². The smallest absolute Gasteiger partial charge is 0.162 e. The standard InChI is InChI=1S/C16H17ClN4S/c17-15-14(9-18)16(22-20-15)19-13-7-4-8-21(11-13)10-12-5-2-1-3-6-12/h1-3,5-6,13,19H,4,7-8,10-11H2/t13-/m0/s1. The van der Waals surface area contributed by atoms with E-state index in [0.29, 0.717) is 16.8 Å². The molecule has 1 aromatic heterocycles. The highest BCUT2D eigenvalue weighted by atomic mass is 35.5. The molecule has 0 radical (unpaired) electrons. The molecule has 0 unspecified atom stereocenters. The molecule has 1 fully saturated rings. The number of hydrogen-bond donors (Lipinski definition) is 1. The van der Waals surface area contributed by atoms with Gasteiger partial charge in [-0.3, -0.25) is 4.90 Å². The summed E-state index contributed by atoms with van der Waals surface area (Å²) in [6, 6.07) is 13.0. The topological polar surface area (TPSA) is 52.0 Å². The highest BCUT2D eigenvalue weighted by Gasteiger charge is 2.22.